The average Bonchev–Trinajstić information content (AvgIpc) is 3.49. The van der Waals surface area contributed by atoms with Gasteiger partial charge in [0.15, 0.2) is 5.76 Å². The average molecular weight is 442 g/mol. The van der Waals surface area contributed by atoms with E-state index in [0.717, 1.165) is 16.6 Å². The van der Waals surface area contributed by atoms with Gasteiger partial charge in [0.2, 0.25) is 5.78 Å². The number of imidazole rings is 1. The minimum absolute atomic E-state index is 0.0878. The number of hydrogen-bond donors (Lipinski definition) is 0. The van der Waals surface area contributed by atoms with Gasteiger partial charge in [-0.05, 0) is 42.0 Å². The summed E-state index contributed by atoms with van der Waals surface area (Å²) in [7, 11) is 3.43. The molecule has 8 nitrogen and oxygen atoms in total. The molecule has 0 aliphatic carbocycles. The number of allylic oxidation sites excluding steroid dienone is 1. The molecule has 2 aliphatic heterocycles. The first-order valence-electron chi connectivity index (χ1n) is 10.4. The van der Waals surface area contributed by atoms with E-state index in [1.807, 2.05) is 18.2 Å². The van der Waals surface area contributed by atoms with E-state index in [1.54, 1.807) is 53.6 Å². The molecule has 33 heavy (non-hydrogen) atoms. The van der Waals surface area contributed by atoms with Gasteiger partial charge in [0, 0.05) is 31.7 Å². The largest absolute Gasteiger partial charge is 0.465 e. The third kappa shape index (κ3) is 2.80. The zero-order valence-electron chi connectivity index (χ0n) is 17.8. The summed E-state index contributed by atoms with van der Waals surface area (Å²) in [6.45, 7) is 0. The van der Waals surface area contributed by atoms with Gasteiger partial charge in [-0.25, -0.2) is 4.79 Å². The Morgan fingerprint density at radius 3 is 2.58 bits per heavy atom. The maximum atomic E-state index is 13.0. The number of furan rings is 1. The van der Waals surface area contributed by atoms with E-state index in [4.69, 9.17) is 13.9 Å². The van der Waals surface area contributed by atoms with Crippen molar-refractivity contribution < 1.29 is 23.5 Å². The van der Waals surface area contributed by atoms with Crippen LogP contribution in [-0.4, -0.2) is 20.9 Å². The molecule has 4 heterocycles. The van der Waals surface area contributed by atoms with Crippen LogP contribution in [0.15, 0.2) is 63.7 Å². The second-order valence-electron chi connectivity index (χ2n) is 8.19. The molecule has 0 fully saturated rings. The van der Waals surface area contributed by atoms with Crippen molar-refractivity contribution in [3.63, 3.8) is 0 Å². The lowest BCUT2D eigenvalue weighted by Gasteiger charge is -2.26. The SMILES string of the molecule is Cn1c(=O)n(C)c2cc([C@@H]3CC(=O)Oc4ccc5c(c43)O/C(=C\c3ccco3)C5=O)ccc21. The summed E-state index contributed by atoms with van der Waals surface area (Å²) < 4.78 is 20.0. The Morgan fingerprint density at radius 1 is 0.970 bits per heavy atom. The highest BCUT2D eigenvalue weighted by Gasteiger charge is 2.38. The van der Waals surface area contributed by atoms with Crippen molar-refractivity contribution in [1.29, 1.82) is 0 Å². The normalized spacial score (nSPS) is 18.4. The van der Waals surface area contributed by atoms with Crippen LogP contribution in [0.5, 0.6) is 11.5 Å². The number of Topliss-reactive ketones (excluding diaryl/α,β-unsaturated/α-hetero) is 1. The van der Waals surface area contributed by atoms with Gasteiger partial charge in [0.25, 0.3) is 0 Å². The first-order valence-corrected chi connectivity index (χ1v) is 10.4. The number of ketones is 1. The minimum atomic E-state index is -0.397. The molecule has 6 rings (SSSR count). The van der Waals surface area contributed by atoms with Gasteiger partial charge in [0.05, 0.1) is 29.3 Å². The highest BCUT2D eigenvalue weighted by molar-refractivity contribution is 6.15. The first-order chi connectivity index (χ1) is 15.9. The fourth-order valence-corrected chi connectivity index (χ4v) is 4.63. The Kier molecular flexibility index (Phi) is 4.01. The Balaban J connectivity index is 1.52. The number of carbonyl (C=O) groups is 2. The number of ether oxygens (including phenoxy) is 2. The number of esters is 1. The molecule has 0 unspecified atom stereocenters. The fourth-order valence-electron chi connectivity index (χ4n) is 4.63. The van der Waals surface area contributed by atoms with E-state index in [0.29, 0.717) is 28.4 Å². The van der Waals surface area contributed by atoms with E-state index in [2.05, 4.69) is 0 Å². The lowest BCUT2D eigenvalue weighted by Crippen LogP contribution is -2.21. The maximum Gasteiger partial charge on any atom is 0.328 e. The van der Waals surface area contributed by atoms with Gasteiger partial charge in [-0.2, -0.15) is 0 Å². The third-order valence-corrected chi connectivity index (χ3v) is 6.29. The number of aryl methyl sites for hydroxylation is 2. The highest BCUT2D eigenvalue weighted by Crippen LogP contribution is 2.49. The zero-order valence-corrected chi connectivity index (χ0v) is 17.8. The summed E-state index contributed by atoms with van der Waals surface area (Å²) in [4.78, 5) is 37.8. The van der Waals surface area contributed by atoms with Crippen LogP contribution >= 0.6 is 0 Å². The van der Waals surface area contributed by atoms with Crippen LogP contribution in [0.3, 0.4) is 0 Å². The predicted molar refractivity (Wildman–Crippen MR) is 118 cm³/mol. The molecule has 0 saturated carbocycles. The lowest BCUT2D eigenvalue weighted by molar-refractivity contribution is -0.135. The molecular weight excluding hydrogens is 424 g/mol. The number of rotatable bonds is 2. The number of hydrogen-bond acceptors (Lipinski definition) is 6. The molecular formula is C25H18N2O6. The third-order valence-electron chi connectivity index (χ3n) is 6.29. The molecule has 4 aromatic rings. The quantitative estimate of drug-likeness (QED) is 0.268. The first kappa shape index (κ1) is 19.4. The van der Waals surface area contributed by atoms with Crippen LogP contribution in [0, 0.1) is 0 Å². The van der Waals surface area contributed by atoms with Gasteiger partial charge >= 0.3 is 11.7 Å². The number of fused-ring (bicyclic) bond motifs is 4. The van der Waals surface area contributed by atoms with Crippen molar-refractivity contribution in [3.8, 4) is 11.5 Å². The standard InChI is InChI=1S/C25H18N2O6/c1-26-17-7-5-13(10-18(17)27(2)25(26)30)16-12-21(28)32-19-8-6-15-23(29)20(33-24(15)22(16)19)11-14-4-3-9-31-14/h3-11,16H,12H2,1-2H3/b20-11-/t16-/m0/s1. The summed E-state index contributed by atoms with van der Waals surface area (Å²) in [6, 6.07) is 12.4. The molecule has 0 radical (unpaired) electrons. The van der Waals surface area contributed by atoms with Crippen molar-refractivity contribution in [1.82, 2.24) is 9.13 Å². The maximum absolute atomic E-state index is 13.0. The number of benzene rings is 2. The molecule has 164 valence electrons. The molecule has 0 amide bonds. The van der Waals surface area contributed by atoms with Crippen molar-refractivity contribution in [3.05, 3.63) is 87.4 Å². The van der Waals surface area contributed by atoms with Crippen LogP contribution in [0.25, 0.3) is 17.1 Å². The molecule has 0 N–H and O–H groups in total. The monoisotopic (exact) mass is 442 g/mol. The smallest absolute Gasteiger partial charge is 0.328 e. The van der Waals surface area contributed by atoms with Crippen molar-refractivity contribution in [2.45, 2.75) is 12.3 Å². The molecule has 0 spiro atoms. The Hall–Kier alpha value is -4.33. The molecule has 8 heteroatoms. The van der Waals surface area contributed by atoms with E-state index in [-0.39, 0.29) is 29.6 Å². The molecule has 2 aromatic carbocycles. The second-order valence-corrected chi connectivity index (χ2v) is 8.19. The molecule has 0 bridgehead atoms. The van der Waals surface area contributed by atoms with E-state index in [9.17, 15) is 14.4 Å². The summed E-state index contributed by atoms with van der Waals surface area (Å²) in [5, 5.41) is 0. The van der Waals surface area contributed by atoms with E-state index in [1.165, 1.54) is 6.26 Å². The van der Waals surface area contributed by atoms with Gasteiger partial charge in [0.1, 0.15) is 17.3 Å². The van der Waals surface area contributed by atoms with Crippen molar-refractivity contribution in [2.75, 3.05) is 0 Å². The molecule has 2 aromatic heterocycles. The zero-order chi connectivity index (χ0) is 22.9. The van der Waals surface area contributed by atoms with Gasteiger partial charge in [-0.3, -0.25) is 18.7 Å². The van der Waals surface area contributed by atoms with Crippen molar-refractivity contribution in [2.24, 2.45) is 14.1 Å². The summed E-state index contributed by atoms with van der Waals surface area (Å²) in [5.74, 6) is 0.361. The highest BCUT2D eigenvalue weighted by atomic mass is 16.5. The fraction of sp³-hybridized carbons (Fsp3) is 0.160. The number of carbonyl (C=O) groups excluding carboxylic acids is 2. The Labute approximate surface area is 187 Å². The van der Waals surface area contributed by atoms with Crippen LogP contribution in [0.1, 0.15) is 39.6 Å². The van der Waals surface area contributed by atoms with Crippen LogP contribution < -0.4 is 15.2 Å². The molecule has 2 aliphatic rings. The summed E-state index contributed by atoms with van der Waals surface area (Å²) in [5.41, 5.74) is 3.29. The topological polar surface area (TPSA) is 92.7 Å². The lowest BCUT2D eigenvalue weighted by atomic mass is 9.84. The van der Waals surface area contributed by atoms with Crippen LogP contribution in [0.2, 0.25) is 0 Å². The van der Waals surface area contributed by atoms with Crippen LogP contribution in [-0.2, 0) is 18.9 Å². The summed E-state index contributed by atoms with van der Waals surface area (Å²) >= 11 is 0. The molecule has 1 atom stereocenters. The van der Waals surface area contributed by atoms with Gasteiger partial charge in [-0.1, -0.05) is 6.07 Å². The predicted octanol–water partition coefficient (Wildman–Crippen LogP) is 3.53. The van der Waals surface area contributed by atoms with E-state index < -0.39 is 5.92 Å². The van der Waals surface area contributed by atoms with Crippen LogP contribution in [0.4, 0.5) is 0 Å². The second kappa shape index (κ2) is 6.83. The number of aromatic nitrogens is 2. The van der Waals surface area contributed by atoms with Crippen molar-refractivity contribution >= 4 is 28.9 Å². The summed E-state index contributed by atoms with van der Waals surface area (Å²) in [6.07, 6.45) is 3.15. The Morgan fingerprint density at radius 2 is 1.79 bits per heavy atom. The minimum Gasteiger partial charge on any atom is -0.465 e. The number of nitrogens with zero attached hydrogens (tertiary/aromatic N) is 2. The van der Waals surface area contributed by atoms with Gasteiger partial charge in [-0.15, -0.1) is 0 Å². The molecule has 0 saturated heterocycles. The van der Waals surface area contributed by atoms with Gasteiger partial charge < -0.3 is 13.9 Å². The Bertz CT molecular complexity index is 1570. The van der Waals surface area contributed by atoms with E-state index >= 15 is 0 Å².